The Hall–Kier alpha value is -3.40. The highest BCUT2D eigenvalue weighted by molar-refractivity contribution is 9.10. The third-order valence-corrected chi connectivity index (χ3v) is 4.91. The number of hydrogen-bond acceptors (Lipinski definition) is 7. The molecule has 0 amide bonds. The lowest BCUT2D eigenvalue weighted by atomic mass is 10.2. The van der Waals surface area contributed by atoms with Gasteiger partial charge in [-0.1, -0.05) is 22.0 Å². The van der Waals surface area contributed by atoms with Crippen molar-refractivity contribution in [2.24, 2.45) is 0 Å². The van der Waals surface area contributed by atoms with Gasteiger partial charge in [-0.3, -0.25) is 10.1 Å². The van der Waals surface area contributed by atoms with Crippen molar-refractivity contribution >= 4 is 27.6 Å². The van der Waals surface area contributed by atoms with E-state index in [0.29, 0.717) is 30.4 Å². The molecule has 148 valence electrons. The van der Waals surface area contributed by atoms with E-state index >= 15 is 0 Å². The van der Waals surface area contributed by atoms with E-state index in [1.807, 2.05) is 0 Å². The Labute approximate surface area is 173 Å². The first-order valence-corrected chi connectivity index (χ1v) is 9.36. The number of rotatable bonds is 5. The number of esters is 1. The summed E-state index contributed by atoms with van der Waals surface area (Å²) in [5.41, 5.74) is 1.21. The maximum atomic E-state index is 12.4. The number of non-ortho nitro benzene ring substituents is 1. The molecule has 0 spiro atoms. The molecule has 29 heavy (non-hydrogen) atoms. The zero-order chi connectivity index (χ0) is 20.4. The van der Waals surface area contributed by atoms with Gasteiger partial charge in [0.1, 0.15) is 19.8 Å². The molecule has 3 aromatic rings. The summed E-state index contributed by atoms with van der Waals surface area (Å²) in [5, 5.41) is 15.1. The highest BCUT2D eigenvalue weighted by atomic mass is 79.9. The average molecular weight is 460 g/mol. The summed E-state index contributed by atoms with van der Waals surface area (Å²) >= 11 is 3.43. The largest absolute Gasteiger partial charge is 0.486 e. The van der Waals surface area contributed by atoms with Crippen LogP contribution in [0, 0.1) is 10.1 Å². The van der Waals surface area contributed by atoms with E-state index in [9.17, 15) is 14.9 Å². The Morgan fingerprint density at radius 1 is 1.21 bits per heavy atom. The standard InChI is InChI=1S/C19H14BrN3O6/c20-15-10-18-17(27-6-7-28-18)8-12(15)11-29-19(24)16-4-5-22(21-16)13-2-1-3-14(9-13)23(25)26/h1-5,8-10H,6-7,11H2. The lowest BCUT2D eigenvalue weighted by molar-refractivity contribution is -0.384. The number of nitro groups is 1. The van der Waals surface area contributed by atoms with Crippen LogP contribution in [0.4, 0.5) is 5.69 Å². The van der Waals surface area contributed by atoms with Crippen molar-refractivity contribution in [1.82, 2.24) is 9.78 Å². The van der Waals surface area contributed by atoms with Crippen molar-refractivity contribution in [1.29, 1.82) is 0 Å². The molecule has 9 nitrogen and oxygen atoms in total. The van der Waals surface area contributed by atoms with Gasteiger partial charge in [-0.25, -0.2) is 9.48 Å². The number of carbonyl (C=O) groups is 1. The smallest absolute Gasteiger partial charge is 0.359 e. The van der Waals surface area contributed by atoms with Gasteiger partial charge in [0.25, 0.3) is 5.69 Å². The number of hydrogen-bond donors (Lipinski definition) is 0. The Morgan fingerprint density at radius 3 is 2.72 bits per heavy atom. The van der Waals surface area contributed by atoms with E-state index in [1.165, 1.54) is 29.1 Å². The van der Waals surface area contributed by atoms with E-state index in [0.717, 1.165) is 10.0 Å². The number of nitrogens with zero attached hydrogens (tertiary/aromatic N) is 3. The fourth-order valence-corrected chi connectivity index (χ4v) is 3.20. The van der Waals surface area contributed by atoms with E-state index < -0.39 is 10.9 Å². The molecule has 4 rings (SSSR count). The Kier molecular flexibility index (Phi) is 5.17. The molecule has 0 atom stereocenters. The average Bonchev–Trinajstić information content (AvgIpc) is 3.22. The molecule has 0 N–H and O–H groups in total. The fraction of sp³-hybridized carbons (Fsp3) is 0.158. The van der Waals surface area contributed by atoms with Crippen LogP contribution in [0.15, 0.2) is 53.1 Å². The first-order valence-electron chi connectivity index (χ1n) is 8.57. The van der Waals surface area contributed by atoms with Gasteiger partial charge in [0, 0.05) is 28.4 Å². The van der Waals surface area contributed by atoms with E-state index in [4.69, 9.17) is 14.2 Å². The topological polar surface area (TPSA) is 106 Å². The summed E-state index contributed by atoms with van der Waals surface area (Å²) in [6, 6.07) is 11.0. The van der Waals surface area contributed by atoms with Gasteiger partial charge in [-0.05, 0) is 24.3 Å². The minimum absolute atomic E-state index is 0.0136. The Balaban J connectivity index is 1.46. The van der Waals surface area contributed by atoms with Crippen LogP contribution in [0.3, 0.4) is 0 Å². The number of ether oxygens (including phenoxy) is 3. The zero-order valence-corrected chi connectivity index (χ0v) is 16.5. The number of benzene rings is 2. The van der Waals surface area contributed by atoms with Crippen molar-refractivity contribution in [2.45, 2.75) is 6.61 Å². The van der Waals surface area contributed by atoms with Crippen LogP contribution in [-0.2, 0) is 11.3 Å². The molecule has 1 aliphatic rings. The second kappa shape index (κ2) is 7.92. The molecule has 1 aliphatic heterocycles. The molecular formula is C19H14BrN3O6. The molecule has 0 bridgehead atoms. The molecule has 1 aromatic heterocycles. The van der Waals surface area contributed by atoms with Gasteiger partial charge in [-0.15, -0.1) is 0 Å². The SMILES string of the molecule is O=C(OCc1cc2c(cc1Br)OCCO2)c1ccn(-c2cccc([N+](=O)[O-])c2)n1. The molecule has 2 heterocycles. The van der Waals surface area contributed by atoms with E-state index in [-0.39, 0.29) is 18.0 Å². The van der Waals surface area contributed by atoms with Crippen LogP contribution in [0.1, 0.15) is 16.1 Å². The first-order chi connectivity index (χ1) is 14.0. The van der Waals surface area contributed by atoms with Crippen LogP contribution < -0.4 is 9.47 Å². The third-order valence-electron chi connectivity index (χ3n) is 4.17. The van der Waals surface area contributed by atoms with Crippen molar-refractivity contribution in [3.8, 4) is 17.2 Å². The molecule has 0 radical (unpaired) electrons. The van der Waals surface area contributed by atoms with Crippen LogP contribution in [0.2, 0.25) is 0 Å². The van der Waals surface area contributed by atoms with Gasteiger partial charge in [0.15, 0.2) is 17.2 Å². The molecule has 0 saturated heterocycles. The van der Waals surface area contributed by atoms with E-state index in [1.54, 1.807) is 24.3 Å². The van der Waals surface area contributed by atoms with Crippen LogP contribution in [-0.4, -0.2) is 33.9 Å². The predicted molar refractivity (Wildman–Crippen MR) is 104 cm³/mol. The molecule has 0 fully saturated rings. The van der Waals surface area contributed by atoms with Crippen LogP contribution in [0.25, 0.3) is 5.69 Å². The molecular weight excluding hydrogens is 446 g/mol. The second-order valence-corrected chi connectivity index (χ2v) is 6.94. The summed E-state index contributed by atoms with van der Waals surface area (Å²) in [5.74, 6) is 0.616. The maximum Gasteiger partial charge on any atom is 0.359 e. The summed E-state index contributed by atoms with van der Waals surface area (Å²) in [6.07, 6.45) is 1.54. The summed E-state index contributed by atoms with van der Waals surface area (Å²) in [4.78, 5) is 22.8. The van der Waals surface area contributed by atoms with Gasteiger partial charge >= 0.3 is 5.97 Å². The summed E-state index contributed by atoms with van der Waals surface area (Å²) in [6.45, 7) is 0.962. The summed E-state index contributed by atoms with van der Waals surface area (Å²) in [7, 11) is 0. The lowest BCUT2D eigenvalue weighted by Gasteiger charge is -2.19. The number of carbonyl (C=O) groups excluding carboxylic acids is 1. The van der Waals surface area contributed by atoms with Crippen LogP contribution >= 0.6 is 15.9 Å². The monoisotopic (exact) mass is 459 g/mol. The number of halogens is 1. The minimum atomic E-state index is -0.615. The normalized spacial score (nSPS) is 12.4. The number of fused-ring (bicyclic) bond motifs is 1. The Morgan fingerprint density at radius 2 is 1.97 bits per heavy atom. The van der Waals surface area contributed by atoms with Crippen molar-refractivity contribution in [2.75, 3.05) is 13.2 Å². The molecule has 0 saturated carbocycles. The fourth-order valence-electron chi connectivity index (χ4n) is 2.76. The molecule has 0 unspecified atom stereocenters. The highest BCUT2D eigenvalue weighted by Crippen LogP contribution is 2.35. The Bertz CT molecular complexity index is 1100. The van der Waals surface area contributed by atoms with Crippen molar-refractivity contribution in [3.63, 3.8) is 0 Å². The lowest BCUT2D eigenvalue weighted by Crippen LogP contribution is -2.16. The third kappa shape index (κ3) is 4.06. The van der Waals surface area contributed by atoms with Crippen molar-refractivity contribution < 1.29 is 23.9 Å². The van der Waals surface area contributed by atoms with Gasteiger partial charge in [0.05, 0.1) is 10.6 Å². The molecule has 2 aromatic carbocycles. The zero-order valence-electron chi connectivity index (χ0n) is 14.9. The quantitative estimate of drug-likeness (QED) is 0.325. The number of aromatic nitrogens is 2. The van der Waals surface area contributed by atoms with E-state index in [2.05, 4.69) is 21.0 Å². The molecule has 10 heteroatoms. The minimum Gasteiger partial charge on any atom is -0.486 e. The molecule has 0 aliphatic carbocycles. The van der Waals surface area contributed by atoms with Crippen molar-refractivity contribution in [3.05, 3.63) is 74.5 Å². The summed E-state index contributed by atoms with van der Waals surface area (Å²) < 4.78 is 18.5. The van der Waals surface area contributed by atoms with Gasteiger partial charge < -0.3 is 14.2 Å². The first kappa shape index (κ1) is 18.9. The van der Waals surface area contributed by atoms with Crippen LogP contribution in [0.5, 0.6) is 11.5 Å². The highest BCUT2D eigenvalue weighted by Gasteiger charge is 2.18. The van der Waals surface area contributed by atoms with Gasteiger partial charge in [-0.2, -0.15) is 5.10 Å². The number of nitro benzene ring substituents is 1. The van der Waals surface area contributed by atoms with Gasteiger partial charge in [0.2, 0.25) is 0 Å². The predicted octanol–water partition coefficient (Wildman–Crippen LogP) is 3.67. The maximum absolute atomic E-state index is 12.4. The second-order valence-electron chi connectivity index (χ2n) is 6.09.